The quantitative estimate of drug-likeness (QED) is 0.901. The van der Waals surface area contributed by atoms with Gasteiger partial charge in [0, 0.05) is 19.0 Å². The Morgan fingerprint density at radius 3 is 2.48 bits per heavy atom. The highest BCUT2D eigenvalue weighted by atomic mass is 32.1. The van der Waals surface area contributed by atoms with Crippen LogP contribution in [-0.4, -0.2) is 40.0 Å². The molecule has 1 aliphatic rings. The number of hydrogen-bond acceptors (Lipinski definition) is 4. The molecule has 1 saturated heterocycles. The second-order valence-electron chi connectivity index (χ2n) is 5.70. The van der Waals surface area contributed by atoms with Gasteiger partial charge in [-0.15, -0.1) is 11.3 Å². The predicted molar refractivity (Wildman–Crippen MR) is 83.3 cm³/mol. The molecule has 2 heterocycles. The molecule has 0 radical (unpaired) electrons. The average Bonchev–Trinajstić information content (AvgIpc) is 3.22. The average molecular weight is 370 g/mol. The zero-order chi connectivity index (χ0) is 18.2. The molecule has 1 N–H and O–H groups in total. The molecule has 0 bridgehead atoms. The molecule has 2 aromatic rings. The third-order valence-electron chi connectivity index (χ3n) is 4.18. The zero-order valence-corrected chi connectivity index (χ0v) is 13.5. The van der Waals surface area contributed by atoms with Crippen LogP contribution >= 0.6 is 11.3 Å². The van der Waals surface area contributed by atoms with E-state index in [2.05, 4.69) is 4.98 Å². The highest BCUT2D eigenvalue weighted by molar-refractivity contribution is 7.11. The fraction of sp³-hybridized carbons (Fsp3) is 0.312. The van der Waals surface area contributed by atoms with Gasteiger partial charge in [-0.1, -0.05) is 30.3 Å². The molecule has 1 aromatic carbocycles. The Morgan fingerprint density at radius 2 is 1.88 bits per heavy atom. The molecule has 9 heteroatoms. The summed E-state index contributed by atoms with van der Waals surface area (Å²) >= 11 is 0.608. The van der Waals surface area contributed by atoms with Crippen LogP contribution in [0.1, 0.15) is 26.8 Å². The van der Waals surface area contributed by atoms with Gasteiger partial charge in [-0.25, -0.2) is 4.98 Å². The van der Waals surface area contributed by atoms with Gasteiger partial charge in [0.1, 0.15) is 4.88 Å². The van der Waals surface area contributed by atoms with Gasteiger partial charge >= 0.3 is 12.1 Å². The number of benzene rings is 1. The van der Waals surface area contributed by atoms with Crippen molar-refractivity contribution in [3.8, 4) is 0 Å². The van der Waals surface area contributed by atoms with Gasteiger partial charge in [0.2, 0.25) is 0 Å². The lowest BCUT2D eigenvalue weighted by Gasteiger charge is -2.16. The minimum atomic E-state index is -4.73. The summed E-state index contributed by atoms with van der Waals surface area (Å²) in [6, 6.07) is 8.79. The Labute approximate surface area is 144 Å². The number of likely N-dealkylation sites (tertiary alicyclic amines) is 1. The number of alkyl halides is 3. The van der Waals surface area contributed by atoms with Crippen LogP contribution in [0, 0.1) is 5.92 Å². The Morgan fingerprint density at radius 1 is 1.20 bits per heavy atom. The van der Waals surface area contributed by atoms with Crippen LogP contribution in [0.5, 0.6) is 0 Å². The number of aliphatic carboxylic acids is 1. The van der Waals surface area contributed by atoms with Crippen LogP contribution in [0.15, 0.2) is 35.8 Å². The molecule has 1 fully saturated rings. The van der Waals surface area contributed by atoms with Crippen LogP contribution in [0.4, 0.5) is 13.2 Å². The summed E-state index contributed by atoms with van der Waals surface area (Å²) in [5, 5.41) is 9.43. The number of carbonyl (C=O) groups excluding carboxylic acids is 1. The number of carbonyl (C=O) groups is 2. The van der Waals surface area contributed by atoms with E-state index in [-0.39, 0.29) is 13.1 Å². The Bertz CT molecular complexity index is 791. The SMILES string of the molecule is O=C(O)[C@@H]1CN(C(=O)c2scnc2C(F)(F)F)C[C@H]1c1ccccc1. The molecule has 0 unspecified atom stereocenters. The van der Waals surface area contributed by atoms with Gasteiger partial charge in [0.15, 0.2) is 5.69 Å². The first-order chi connectivity index (χ1) is 11.8. The lowest BCUT2D eigenvalue weighted by Crippen LogP contribution is -2.30. The lowest BCUT2D eigenvalue weighted by atomic mass is 9.89. The maximum Gasteiger partial charge on any atom is 0.434 e. The molecular formula is C16H13F3N2O3S. The van der Waals surface area contributed by atoms with E-state index in [1.807, 2.05) is 0 Å². The monoisotopic (exact) mass is 370 g/mol. The molecule has 3 rings (SSSR count). The number of aromatic nitrogens is 1. The van der Waals surface area contributed by atoms with Crippen molar-refractivity contribution in [1.82, 2.24) is 9.88 Å². The van der Waals surface area contributed by atoms with Gasteiger partial charge < -0.3 is 10.0 Å². The highest BCUT2D eigenvalue weighted by Crippen LogP contribution is 2.37. The molecule has 5 nitrogen and oxygen atoms in total. The number of halogens is 3. The van der Waals surface area contributed by atoms with Crippen molar-refractivity contribution in [2.24, 2.45) is 5.92 Å². The van der Waals surface area contributed by atoms with Crippen molar-refractivity contribution in [3.05, 3.63) is 52.0 Å². The van der Waals surface area contributed by atoms with Gasteiger partial charge in [0.05, 0.1) is 11.4 Å². The summed E-state index contributed by atoms with van der Waals surface area (Å²) in [6.45, 7) is -0.0854. The lowest BCUT2D eigenvalue weighted by molar-refractivity contribution is -0.142. The molecule has 2 atom stereocenters. The number of carboxylic acid groups (broad SMARTS) is 1. The van der Waals surface area contributed by atoms with E-state index in [1.165, 1.54) is 4.90 Å². The van der Waals surface area contributed by atoms with E-state index in [4.69, 9.17) is 0 Å². The van der Waals surface area contributed by atoms with Crippen LogP contribution < -0.4 is 0 Å². The number of rotatable bonds is 3. The zero-order valence-electron chi connectivity index (χ0n) is 12.7. The Balaban J connectivity index is 1.88. The van der Waals surface area contributed by atoms with Gasteiger partial charge in [0.25, 0.3) is 5.91 Å². The van der Waals surface area contributed by atoms with Crippen molar-refractivity contribution in [2.45, 2.75) is 12.1 Å². The predicted octanol–water partition coefficient (Wildman–Crippen LogP) is 3.10. The maximum atomic E-state index is 13.0. The van der Waals surface area contributed by atoms with E-state index in [9.17, 15) is 27.9 Å². The van der Waals surface area contributed by atoms with E-state index in [1.54, 1.807) is 30.3 Å². The summed E-state index contributed by atoms with van der Waals surface area (Å²) in [5.41, 5.74) is 0.484. The summed E-state index contributed by atoms with van der Waals surface area (Å²) in [5.74, 6) is -3.25. The standard InChI is InChI=1S/C16H13F3N2O3S/c17-16(18,19)13-12(25-8-20-13)14(22)21-6-10(11(7-21)15(23)24)9-4-2-1-3-5-9/h1-5,8,10-11H,6-7H2,(H,23,24)/t10-,11+/m0/s1. The Hall–Kier alpha value is -2.42. The summed E-state index contributed by atoms with van der Waals surface area (Å²) in [6.07, 6.45) is -4.73. The number of amides is 1. The number of carboxylic acids is 1. The van der Waals surface area contributed by atoms with Crippen LogP contribution in [0.2, 0.25) is 0 Å². The third kappa shape index (κ3) is 3.37. The minimum absolute atomic E-state index is 0.0506. The van der Waals surface area contributed by atoms with E-state index in [0.717, 1.165) is 11.1 Å². The van der Waals surface area contributed by atoms with Crippen LogP contribution in [0.25, 0.3) is 0 Å². The molecule has 1 aromatic heterocycles. The van der Waals surface area contributed by atoms with E-state index < -0.39 is 40.5 Å². The fourth-order valence-corrected chi connectivity index (χ4v) is 3.77. The third-order valence-corrected chi connectivity index (χ3v) is 5.00. The molecule has 0 aliphatic carbocycles. The largest absolute Gasteiger partial charge is 0.481 e. The second kappa shape index (κ2) is 6.47. The fourth-order valence-electron chi connectivity index (χ4n) is 3.00. The summed E-state index contributed by atoms with van der Waals surface area (Å²) in [7, 11) is 0. The number of hydrogen-bond donors (Lipinski definition) is 1. The first kappa shape index (κ1) is 17.4. The van der Waals surface area contributed by atoms with Crippen molar-refractivity contribution < 1.29 is 27.9 Å². The van der Waals surface area contributed by atoms with Gasteiger partial charge in [-0.3, -0.25) is 9.59 Å². The topological polar surface area (TPSA) is 70.5 Å². The van der Waals surface area contributed by atoms with Crippen molar-refractivity contribution >= 4 is 23.2 Å². The number of nitrogens with zero attached hydrogens (tertiary/aromatic N) is 2. The summed E-state index contributed by atoms with van der Waals surface area (Å²) < 4.78 is 38.9. The van der Waals surface area contributed by atoms with Gasteiger partial charge in [-0.2, -0.15) is 13.2 Å². The van der Waals surface area contributed by atoms with Crippen LogP contribution in [-0.2, 0) is 11.0 Å². The number of thiazole rings is 1. The second-order valence-corrected chi connectivity index (χ2v) is 6.55. The first-order valence-corrected chi connectivity index (χ1v) is 8.24. The summed E-state index contributed by atoms with van der Waals surface area (Å²) in [4.78, 5) is 28.0. The van der Waals surface area contributed by atoms with E-state index in [0.29, 0.717) is 11.3 Å². The van der Waals surface area contributed by atoms with Crippen LogP contribution in [0.3, 0.4) is 0 Å². The van der Waals surface area contributed by atoms with Crippen molar-refractivity contribution in [2.75, 3.05) is 13.1 Å². The van der Waals surface area contributed by atoms with Gasteiger partial charge in [-0.05, 0) is 5.56 Å². The molecule has 0 spiro atoms. The maximum absolute atomic E-state index is 13.0. The molecule has 1 amide bonds. The normalized spacial score (nSPS) is 20.7. The minimum Gasteiger partial charge on any atom is -0.481 e. The molecular weight excluding hydrogens is 357 g/mol. The molecule has 132 valence electrons. The van der Waals surface area contributed by atoms with E-state index >= 15 is 0 Å². The highest BCUT2D eigenvalue weighted by Gasteiger charge is 2.44. The molecule has 25 heavy (non-hydrogen) atoms. The smallest absolute Gasteiger partial charge is 0.434 e. The molecule has 0 saturated carbocycles. The van der Waals surface area contributed by atoms with Crippen molar-refractivity contribution in [1.29, 1.82) is 0 Å². The molecule has 1 aliphatic heterocycles. The first-order valence-electron chi connectivity index (χ1n) is 7.36. The Kier molecular flexibility index (Phi) is 4.51. The van der Waals surface area contributed by atoms with Crippen molar-refractivity contribution in [3.63, 3.8) is 0 Å².